The number of carbonyl (C=O) groups excluding carboxylic acids is 2. The number of hydrogen-bond donors (Lipinski definition) is 1. The highest BCUT2D eigenvalue weighted by molar-refractivity contribution is 6.08. The Morgan fingerprint density at radius 2 is 1.19 bits per heavy atom. The molecule has 3 nitrogen and oxygen atoms in total. The molecule has 0 aromatic heterocycles. The van der Waals surface area contributed by atoms with Gasteiger partial charge in [-0.2, -0.15) is 0 Å². The molecule has 0 bridgehead atoms. The highest BCUT2D eigenvalue weighted by Gasteiger charge is 2.16. The minimum atomic E-state index is -0.225. The largest absolute Gasteiger partial charge is 0.348 e. The Labute approximate surface area is 153 Å². The summed E-state index contributed by atoms with van der Waals surface area (Å²) in [7, 11) is 0. The highest BCUT2D eigenvalue weighted by Crippen LogP contribution is 2.14. The smallest absolute Gasteiger partial charge is 0.252 e. The van der Waals surface area contributed by atoms with Gasteiger partial charge in [-0.25, -0.2) is 0 Å². The van der Waals surface area contributed by atoms with E-state index in [1.807, 2.05) is 60.7 Å². The fourth-order valence-electron chi connectivity index (χ4n) is 2.83. The molecule has 0 unspecified atom stereocenters. The van der Waals surface area contributed by atoms with Crippen molar-refractivity contribution in [1.82, 2.24) is 5.32 Å². The van der Waals surface area contributed by atoms with E-state index in [0.29, 0.717) is 30.5 Å². The molecule has 1 amide bonds. The quantitative estimate of drug-likeness (QED) is 0.645. The van der Waals surface area contributed by atoms with E-state index in [4.69, 9.17) is 0 Å². The molecule has 0 atom stereocenters. The van der Waals surface area contributed by atoms with Crippen molar-refractivity contribution in [1.29, 1.82) is 0 Å². The summed E-state index contributed by atoms with van der Waals surface area (Å²) in [6.45, 7) is 0.437. The molecule has 0 saturated carbocycles. The zero-order valence-corrected chi connectivity index (χ0v) is 14.5. The molecule has 0 radical (unpaired) electrons. The third-order valence-electron chi connectivity index (χ3n) is 4.25. The molecule has 0 aliphatic heterocycles. The SMILES string of the molecule is O=C(CCc1ccccc1)c1ccccc1C(=O)NCc1ccccc1. The van der Waals surface area contributed by atoms with Gasteiger partial charge in [0, 0.05) is 18.5 Å². The van der Waals surface area contributed by atoms with E-state index < -0.39 is 0 Å². The van der Waals surface area contributed by atoms with Crippen LogP contribution in [-0.2, 0) is 13.0 Å². The predicted molar refractivity (Wildman–Crippen MR) is 103 cm³/mol. The first-order chi connectivity index (χ1) is 12.7. The summed E-state index contributed by atoms with van der Waals surface area (Å²) >= 11 is 0. The van der Waals surface area contributed by atoms with Crippen LogP contribution in [0.1, 0.15) is 38.3 Å². The van der Waals surface area contributed by atoms with Gasteiger partial charge in [0.2, 0.25) is 0 Å². The van der Waals surface area contributed by atoms with E-state index in [1.54, 1.807) is 24.3 Å². The number of amides is 1. The lowest BCUT2D eigenvalue weighted by molar-refractivity contribution is 0.0929. The number of ketones is 1. The van der Waals surface area contributed by atoms with Gasteiger partial charge in [0.25, 0.3) is 5.91 Å². The average Bonchev–Trinajstić information content (AvgIpc) is 2.72. The van der Waals surface area contributed by atoms with E-state index in [9.17, 15) is 9.59 Å². The first-order valence-corrected chi connectivity index (χ1v) is 8.72. The van der Waals surface area contributed by atoms with Crippen LogP contribution < -0.4 is 5.32 Å². The number of hydrogen-bond acceptors (Lipinski definition) is 2. The second kappa shape index (κ2) is 8.77. The van der Waals surface area contributed by atoms with Crippen LogP contribution in [0.4, 0.5) is 0 Å². The number of Topliss-reactive ketones (excluding diaryl/α,β-unsaturated/α-hetero) is 1. The summed E-state index contributed by atoms with van der Waals surface area (Å²) in [6.07, 6.45) is 1.05. The number of aryl methyl sites for hydroxylation is 1. The molecule has 0 saturated heterocycles. The fraction of sp³-hybridized carbons (Fsp3) is 0.130. The Kier molecular flexibility index (Phi) is 5.94. The fourth-order valence-corrected chi connectivity index (χ4v) is 2.83. The average molecular weight is 343 g/mol. The predicted octanol–water partition coefficient (Wildman–Crippen LogP) is 4.43. The topological polar surface area (TPSA) is 46.2 Å². The van der Waals surface area contributed by atoms with Crippen LogP contribution in [0.2, 0.25) is 0 Å². The van der Waals surface area contributed by atoms with Crippen molar-refractivity contribution in [2.45, 2.75) is 19.4 Å². The van der Waals surface area contributed by atoms with Crippen LogP contribution in [-0.4, -0.2) is 11.7 Å². The summed E-state index contributed by atoms with van der Waals surface area (Å²) in [5.74, 6) is -0.239. The Bertz CT molecular complexity index is 798. The molecule has 3 rings (SSSR count). The van der Waals surface area contributed by atoms with Crippen LogP contribution >= 0.6 is 0 Å². The van der Waals surface area contributed by atoms with Crippen LogP contribution in [0.3, 0.4) is 0 Å². The van der Waals surface area contributed by atoms with Gasteiger partial charge < -0.3 is 5.32 Å². The van der Waals surface area contributed by atoms with E-state index >= 15 is 0 Å². The van der Waals surface area contributed by atoms with Crippen LogP contribution in [0.15, 0.2) is 84.9 Å². The van der Waals surface area contributed by atoms with Crippen molar-refractivity contribution < 1.29 is 9.59 Å². The maximum Gasteiger partial charge on any atom is 0.252 e. The third kappa shape index (κ3) is 4.67. The lowest BCUT2D eigenvalue weighted by atomic mass is 9.98. The second-order valence-corrected chi connectivity index (χ2v) is 6.12. The van der Waals surface area contributed by atoms with Crippen molar-refractivity contribution in [3.63, 3.8) is 0 Å². The van der Waals surface area contributed by atoms with E-state index in [1.165, 1.54) is 0 Å². The summed E-state index contributed by atoms with van der Waals surface area (Å²) in [6, 6.07) is 26.6. The van der Waals surface area contributed by atoms with Crippen LogP contribution in [0, 0.1) is 0 Å². The summed E-state index contributed by atoms with van der Waals surface area (Å²) in [5.41, 5.74) is 3.05. The molecule has 130 valence electrons. The standard InChI is InChI=1S/C23H21NO2/c25-22(16-15-18-9-3-1-4-10-18)20-13-7-8-14-21(20)23(26)24-17-19-11-5-2-6-12-19/h1-14H,15-17H2,(H,24,26). The molecule has 1 N–H and O–H groups in total. The monoisotopic (exact) mass is 343 g/mol. The van der Waals surface area contributed by atoms with Crippen LogP contribution in [0.25, 0.3) is 0 Å². The van der Waals surface area contributed by atoms with Crippen molar-refractivity contribution in [3.8, 4) is 0 Å². The summed E-state index contributed by atoms with van der Waals surface area (Å²) < 4.78 is 0. The van der Waals surface area contributed by atoms with Crippen molar-refractivity contribution in [2.75, 3.05) is 0 Å². The minimum Gasteiger partial charge on any atom is -0.348 e. The number of rotatable bonds is 7. The first-order valence-electron chi connectivity index (χ1n) is 8.72. The van der Waals surface area contributed by atoms with E-state index in [-0.39, 0.29) is 11.7 Å². The second-order valence-electron chi connectivity index (χ2n) is 6.12. The molecule has 0 aliphatic rings. The van der Waals surface area contributed by atoms with Crippen molar-refractivity contribution in [2.24, 2.45) is 0 Å². The Balaban J connectivity index is 1.66. The van der Waals surface area contributed by atoms with Gasteiger partial charge in [0.1, 0.15) is 0 Å². The molecule has 0 spiro atoms. The van der Waals surface area contributed by atoms with E-state index in [2.05, 4.69) is 5.32 Å². The van der Waals surface area contributed by atoms with Gasteiger partial charge in [-0.05, 0) is 23.6 Å². The van der Waals surface area contributed by atoms with Gasteiger partial charge in [-0.1, -0.05) is 78.9 Å². The minimum absolute atomic E-state index is 0.0145. The Hall–Kier alpha value is -3.20. The number of carbonyl (C=O) groups is 2. The van der Waals surface area contributed by atoms with Crippen LogP contribution in [0.5, 0.6) is 0 Å². The Morgan fingerprint density at radius 1 is 0.654 bits per heavy atom. The van der Waals surface area contributed by atoms with Gasteiger partial charge in [0.05, 0.1) is 5.56 Å². The maximum absolute atomic E-state index is 12.6. The molecular formula is C23H21NO2. The summed E-state index contributed by atoms with van der Waals surface area (Å²) in [5, 5.41) is 2.89. The lowest BCUT2D eigenvalue weighted by Gasteiger charge is -2.10. The maximum atomic E-state index is 12.6. The third-order valence-corrected chi connectivity index (χ3v) is 4.25. The molecule has 0 aliphatic carbocycles. The van der Waals surface area contributed by atoms with E-state index in [0.717, 1.165) is 11.1 Å². The van der Waals surface area contributed by atoms with Gasteiger partial charge in [-0.3, -0.25) is 9.59 Å². The number of benzene rings is 3. The lowest BCUT2D eigenvalue weighted by Crippen LogP contribution is -2.25. The molecule has 0 fully saturated rings. The molecule has 26 heavy (non-hydrogen) atoms. The first kappa shape index (κ1) is 17.6. The van der Waals surface area contributed by atoms with Gasteiger partial charge >= 0.3 is 0 Å². The van der Waals surface area contributed by atoms with Gasteiger partial charge in [-0.15, -0.1) is 0 Å². The number of nitrogens with one attached hydrogen (secondary N) is 1. The molecular weight excluding hydrogens is 322 g/mol. The zero-order valence-electron chi connectivity index (χ0n) is 14.5. The molecule has 3 aromatic carbocycles. The molecule has 3 aromatic rings. The molecule has 3 heteroatoms. The zero-order chi connectivity index (χ0) is 18.2. The normalized spacial score (nSPS) is 10.3. The Morgan fingerprint density at radius 3 is 1.85 bits per heavy atom. The van der Waals surface area contributed by atoms with Crippen molar-refractivity contribution >= 4 is 11.7 Å². The summed E-state index contributed by atoms with van der Waals surface area (Å²) in [4.78, 5) is 25.2. The molecule has 0 heterocycles. The highest BCUT2D eigenvalue weighted by atomic mass is 16.2. The van der Waals surface area contributed by atoms with Gasteiger partial charge in [0.15, 0.2) is 5.78 Å². The van der Waals surface area contributed by atoms with Crippen molar-refractivity contribution in [3.05, 3.63) is 107 Å².